The second kappa shape index (κ2) is 44.0. The van der Waals surface area contributed by atoms with Crippen molar-refractivity contribution in [3.63, 3.8) is 0 Å². The summed E-state index contributed by atoms with van der Waals surface area (Å²) in [5, 5.41) is 7.24. The first-order valence-corrected chi connectivity index (χ1v) is 46.7. The molecule has 25 heteroatoms. The van der Waals surface area contributed by atoms with Crippen LogP contribution in [0, 0.1) is 0 Å². The molecule has 22 nitrogen and oxygen atoms in total. The number of anilines is 1. The van der Waals surface area contributed by atoms with Gasteiger partial charge in [0.2, 0.25) is 5.88 Å². The molecule has 20 aromatic rings. The maximum absolute atomic E-state index is 5.79. The van der Waals surface area contributed by atoms with Crippen LogP contribution in [-0.2, 0) is 29.9 Å². The molecule has 0 spiro atoms. The van der Waals surface area contributed by atoms with Gasteiger partial charge in [0, 0.05) is 56.0 Å². The summed E-state index contributed by atoms with van der Waals surface area (Å²) >= 11 is 4.98. The van der Waals surface area contributed by atoms with E-state index in [0.717, 1.165) is 221 Å². The molecule has 0 aliphatic carbocycles. The number of fused-ring (bicyclic) bond motifs is 7. The van der Waals surface area contributed by atoms with Crippen LogP contribution in [0.1, 0.15) is 70.0 Å². The Kier molecular flexibility index (Phi) is 28.6. The maximum atomic E-state index is 5.79. The summed E-state index contributed by atoms with van der Waals surface area (Å²) in [4.78, 5) is 85.0. The molecule has 4 aliphatic heterocycles. The summed E-state index contributed by atoms with van der Waals surface area (Å²) in [6.45, 7) is 1.49. The van der Waals surface area contributed by atoms with Crippen LogP contribution in [0.5, 0.6) is 5.88 Å². The number of aryl methyl sites for hydroxylation is 2. The highest BCUT2D eigenvalue weighted by atomic mass is 32.2. The van der Waals surface area contributed by atoms with Crippen molar-refractivity contribution in [3.05, 3.63) is 434 Å². The number of rotatable bonds is 20. The molecule has 24 rings (SSSR count). The average molecular weight is 1820 g/mol. The molecule has 0 saturated carbocycles. The highest BCUT2D eigenvalue weighted by Gasteiger charge is 2.18. The summed E-state index contributed by atoms with van der Waals surface area (Å²) in [7, 11) is 0. The maximum Gasteiger partial charge on any atom is 0.233 e. The molecule has 0 fully saturated rings. The number of para-hydroxylation sites is 13. The fraction of sp³-hybridized carbons (Fsp3) is 0.0909. The van der Waals surface area contributed by atoms with Gasteiger partial charge >= 0.3 is 0 Å². The molecular weight excluding hydrogens is 1730 g/mol. The van der Waals surface area contributed by atoms with Gasteiger partial charge in [-0.05, 0) is 137 Å². The molecular formula is C110H86N20O2S3. The molecule has 12 heterocycles. The lowest BCUT2D eigenvalue weighted by Crippen LogP contribution is -2.12. The van der Waals surface area contributed by atoms with Gasteiger partial charge < -0.3 is 19.8 Å². The van der Waals surface area contributed by atoms with E-state index in [2.05, 4.69) is 181 Å². The SMILES string of the molecule is C1=C(c2ccccc2)N=C(CNc2cnc3ccccc3n2)C1.C1=C(c2ccccc2)N=C(COc2cnc3ccccc3n2)C1.C1=C(c2ccccc2)N=C(OCc2cnc3ccccc3n2)C1.C1=C(c2ccccc2)N=C(SCc2cnc3ccccc3n2)C1.c1ccc(-c2cnc(Sc3cnc4ccccc4n3)[nH]2)cc1.c1ccc2nc(CCc3nc4ccccc4s3)cnc2c1. The van der Waals surface area contributed by atoms with Crippen LogP contribution in [-0.4, -0.2) is 110 Å². The molecule has 0 bridgehead atoms. The molecule has 12 aromatic carbocycles. The normalized spacial score (nSPS) is 12.9. The van der Waals surface area contributed by atoms with Gasteiger partial charge in [-0.2, -0.15) is 0 Å². The summed E-state index contributed by atoms with van der Waals surface area (Å²) in [6.07, 6.45) is 26.2. The predicted molar refractivity (Wildman–Crippen MR) is 548 cm³/mol. The molecule has 0 unspecified atom stereocenters. The standard InChI is InChI=1S/C19H16N4.2C19H15N3O.C19H15N3S.C17H12N4S.C17H13N3S/c1-2-6-14(7-3-1)16-11-10-15(22-16)12-21-19-13-20-17-8-4-5-9-18(17)23-19;1-2-6-14(7-3-1)16-10-11-19(22-16)23-13-15-12-20-17-8-4-5-9-18(17)21-15;1-2-6-14(7-3-1)16-11-10-15(21-16)13-23-19-12-20-17-8-4-5-9-18(17)22-19;1-2-6-14(7-3-1)16-10-11-19(22-16)23-13-15-12-20-17-8-4-5-9-18(17)21-15;1-2-6-12(7-3-1)15-10-19-17(21-15)22-16-11-18-13-8-4-5-9-14(13)20-16;1-2-6-14-13(5-1)18-11-12(19-14)9-10-17-20-15-7-3-4-8-16(15)21-17/h1-9,11,13H,10,12H2,(H,21,23);1-10,12H,11,13H2;1-9,11-12H,10,13H2;1-10,12H,11,13H2;1-11H,(H,19,21);1-8,11H,9-10H2. The van der Waals surface area contributed by atoms with E-state index in [1.54, 1.807) is 47.9 Å². The molecule has 0 amide bonds. The molecule has 135 heavy (non-hydrogen) atoms. The summed E-state index contributed by atoms with van der Waals surface area (Å²) in [5.74, 6) is 2.82. The topological polar surface area (TPSA) is 276 Å². The lowest BCUT2D eigenvalue weighted by Gasteiger charge is -2.06. The number of nitrogens with zero attached hydrogens (tertiary/aromatic N) is 18. The minimum Gasteiger partial charge on any atom is -0.474 e. The Bertz CT molecular complexity index is 7170. The Morgan fingerprint density at radius 2 is 0.733 bits per heavy atom. The van der Waals surface area contributed by atoms with E-state index in [1.165, 1.54) is 22.0 Å². The first-order valence-electron chi connectivity index (χ1n) is 44.1. The lowest BCUT2D eigenvalue weighted by molar-refractivity contribution is 0.283. The van der Waals surface area contributed by atoms with Crippen LogP contribution in [0.2, 0.25) is 0 Å². The van der Waals surface area contributed by atoms with Crippen LogP contribution in [0.3, 0.4) is 0 Å². The number of ether oxygens (including phenoxy) is 2. The largest absolute Gasteiger partial charge is 0.474 e. The molecule has 0 saturated heterocycles. The van der Waals surface area contributed by atoms with Crippen LogP contribution in [0.15, 0.2) is 419 Å². The molecule has 656 valence electrons. The molecule has 2 N–H and O–H groups in total. The number of thioether (sulfide) groups is 1. The fourth-order valence-corrected chi connectivity index (χ4v) is 17.3. The zero-order valence-corrected chi connectivity index (χ0v) is 75.6. The van der Waals surface area contributed by atoms with Gasteiger partial charge in [0.1, 0.15) is 24.1 Å². The van der Waals surface area contributed by atoms with Gasteiger partial charge in [-0.3, -0.25) is 34.9 Å². The predicted octanol–water partition coefficient (Wildman–Crippen LogP) is 24.7. The number of allylic oxidation sites excluding steroid dienone is 3. The van der Waals surface area contributed by atoms with Gasteiger partial charge in [0.25, 0.3) is 0 Å². The van der Waals surface area contributed by atoms with Crippen molar-refractivity contribution < 1.29 is 9.47 Å². The van der Waals surface area contributed by atoms with E-state index in [9.17, 15) is 0 Å². The Labute approximate surface area is 791 Å². The second-order valence-electron chi connectivity index (χ2n) is 31.1. The number of thiazole rings is 1. The Morgan fingerprint density at radius 1 is 0.311 bits per heavy atom. The monoisotopic (exact) mass is 1810 g/mol. The van der Waals surface area contributed by atoms with Crippen molar-refractivity contribution in [3.8, 4) is 17.1 Å². The van der Waals surface area contributed by atoms with E-state index in [0.29, 0.717) is 32.1 Å². The molecule has 8 aromatic heterocycles. The highest BCUT2D eigenvalue weighted by molar-refractivity contribution is 8.13. The summed E-state index contributed by atoms with van der Waals surface area (Å²) in [5.41, 5.74) is 27.6. The second-order valence-corrected chi connectivity index (χ2v) is 34.2. The van der Waals surface area contributed by atoms with E-state index in [-0.39, 0.29) is 0 Å². The first-order chi connectivity index (χ1) is 66.8. The van der Waals surface area contributed by atoms with Gasteiger partial charge in [-0.25, -0.2) is 54.8 Å². The van der Waals surface area contributed by atoms with E-state index in [4.69, 9.17) is 19.5 Å². The number of aliphatic imine (C=N–C) groups is 4. The van der Waals surface area contributed by atoms with Gasteiger partial charge in [-0.1, -0.05) is 255 Å². The average Bonchev–Trinajstić information content (AvgIpc) is 1.26. The van der Waals surface area contributed by atoms with E-state index < -0.39 is 0 Å². The van der Waals surface area contributed by atoms with Crippen LogP contribution < -0.4 is 10.1 Å². The van der Waals surface area contributed by atoms with Gasteiger partial charge in [0.15, 0.2) is 11.1 Å². The number of aromatic nitrogens is 15. The zero-order chi connectivity index (χ0) is 90.8. The van der Waals surface area contributed by atoms with Crippen LogP contribution in [0.4, 0.5) is 5.82 Å². The number of H-pyrrole nitrogens is 1. The van der Waals surface area contributed by atoms with Crippen molar-refractivity contribution in [2.75, 3.05) is 18.5 Å². The van der Waals surface area contributed by atoms with Crippen molar-refractivity contribution in [2.45, 2.75) is 61.1 Å². The third-order valence-electron chi connectivity index (χ3n) is 21.5. The van der Waals surface area contributed by atoms with Crippen LogP contribution in [0.25, 0.3) is 110 Å². The molecule has 0 radical (unpaired) electrons. The van der Waals surface area contributed by atoms with Crippen molar-refractivity contribution in [1.29, 1.82) is 0 Å². The number of hydrogen-bond acceptors (Lipinski definition) is 24. The Morgan fingerprint density at radius 3 is 1.30 bits per heavy atom. The van der Waals surface area contributed by atoms with E-state index in [1.807, 2.05) is 273 Å². The third-order valence-corrected chi connectivity index (χ3v) is 24.5. The quantitative estimate of drug-likeness (QED) is 0.0717. The highest BCUT2D eigenvalue weighted by Crippen LogP contribution is 2.33. The van der Waals surface area contributed by atoms with Crippen LogP contribution >= 0.6 is 34.9 Å². The summed E-state index contributed by atoms with van der Waals surface area (Å²) < 4.78 is 12.8. The number of nitrogens with one attached hydrogen (secondary N) is 2. The zero-order valence-electron chi connectivity index (χ0n) is 73.1. The van der Waals surface area contributed by atoms with Crippen molar-refractivity contribution in [2.24, 2.45) is 20.0 Å². The third kappa shape index (κ3) is 23.8. The van der Waals surface area contributed by atoms with Gasteiger partial charge in [-0.15, -0.1) is 23.1 Å². The van der Waals surface area contributed by atoms with Crippen molar-refractivity contribution >= 4 is 162 Å². The summed E-state index contributed by atoms with van der Waals surface area (Å²) in [6, 6.07) is 106. The Balaban J connectivity index is 0.000000104. The molecule has 0 atom stereocenters. The minimum absolute atomic E-state index is 0.382. The molecule has 4 aliphatic rings. The Hall–Kier alpha value is -16.5. The number of benzene rings is 12. The minimum atomic E-state index is 0.382. The number of imidazole rings is 1. The number of hydrogen-bond donors (Lipinski definition) is 2. The van der Waals surface area contributed by atoms with Gasteiger partial charge in [0.05, 0.1) is 175 Å². The smallest absolute Gasteiger partial charge is 0.233 e. The van der Waals surface area contributed by atoms with E-state index >= 15 is 0 Å². The first kappa shape index (κ1) is 87.8. The fourth-order valence-electron chi connectivity index (χ4n) is 14.8. The number of aromatic amines is 1. The van der Waals surface area contributed by atoms with Crippen molar-refractivity contribution in [1.82, 2.24) is 74.8 Å². The lowest BCUT2D eigenvalue weighted by atomic mass is 10.1.